The van der Waals surface area contributed by atoms with Gasteiger partial charge in [-0.25, -0.2) is 0 Å². The summed E-state index contributed by atoms with van der Waals surface area (Å²) in [4.78, 5) is 4.55. The molecule has 2 heterocycles. The first-order valence-corrected chi connectivity index (χ1v) is 7.34. The lowest BCUT2D eigenvalue weighted by molar-refractivity contribution is -0.0609. The fraction of sp³-hybridized carbons (Fsp3) is 0.857. The van der Waals surface area contributed by atoms with Crippen LogP contribution in [0.15, 0.2) is 4.52 Å². The van der Waals surface area contributed by atoms with E-state index in [-0.39, 0.29) is 0 Å². The maximum Gasteiger partial charge on any atom is 0.249 e. The minimum absolute atomic E-state index is 0.413. The van der Waals surface area contributed by atoms with Gasteiger partial charge in [-0.2, -0.15) is 4.98 Å². The molecule has 0 bridgehead atoms. The first-order valence-electron chi connectivity index (χ1n) is 7.34. The third kappa shape index (κ3) is 2.25. The molecule has 112 valence electrons. The van der Waals surface area contributed by atoms with Gasteiger partial charge in [0.2, 0.25) is 11.7 Å². The number of rotatable bonds is 3. The number of nitrogens with zero attached hydrogens (tertiary/aromatic N) is 2. The summed E-state index contributed by atoms with van der Waals surface area (Å²) < 4.78 is 16.5. The Balaban J connectivity index is 1.85. The van der Waals surface area contributed by atoms with Crippen molar-refractivity contribution in [1.82, 2.24) is 10.1 Å². The van der Waals surface area contributed by atoms with Gasteiger partial charge in [0, 0.05) is 13.7 Å². The molecule has 0 aromatic carbocycles. The highest BCUT2D eigenvalue weighted by Gasteiger charge is 2.43. The maximum atomic E-state index is 6.27. The van der Waals surface area contributed by atoms with Crippen LogP contribution in [0.25, 0.3) is 0 Å². The Kier molecular flexibility index (Phi) is 3.56. The predicted molar refractivity (Wildman–Crippen MR) is 71.9 cm³/mol. The Hall–Kier alpha value is -0.980. The highest BCUT2D eigenvalue weighted by atomic mass is 16.5. The number of aromatic nitrogens is 2. The van der Waals surface area contributed by atoms with Gasteiger partial charge in [-0.3, -0.25) is 0 Å². The Morgan fingerprint density at radius 2 is 2.05 bits per heavy atom. The van der Waals surface area contributed by atoms with Crippen LogP contribution in [0.5, 0.6) is 0 Å². The van der Waals surface area contributed by atoms with Crippen molar-refractivity contribution in [2.75, 3.05) is 20.3 Å². The van der Waals surface area contributed by atoms with E-state index in [1.54, 1.807) is 7.11 Å². The van der Waals surface area contributed by atoms with Gasteiger partial charge in [-0.15, -0.1) is 0 Å². The second-order valence-corrected chi connectivity index (χ2v) is 6.26. The van der Waals surface area contributed by atoms with Gasteiger partial charge in [0.1, 0.15) is 11.1 Å². The fourth-order valence-corrected chi connectivity index (χ4v) is 3.11. The molecule has 2 aliphatic rings. The zero-order chi connectivity index (χ0) is 14.2. The fourth-order valence-electron chi connectivity index (χ4n) is 3.11. The summed E-state index contributed by atoms with van der Waals surface area (Å²) in [6.45, 7) is 3.35. The zero-order valence-corrected chi connectivity index (χ0v) is 12.2. The average Bonchev–Trinajstić information content (AvgIpc) is 3.10. The second-order valence-electron chi connectivity index (χ2n) is 6.26. The normalized spacial score (nSPS) is 38.2. The van der Waals surface area contributed by atoms with Gasteiger partial charge < -0.3 is 19.7 Å². The van der Waals surface area contributed by atoms with Crippen LogP contribution >= 0.6 is 0 Å². The first kappa shape index (κ1) is 14.0. The molecule has 2 N–H and O–H groups in total. The van der Waals surface area contributed by atoms with Crippen molar-refractivity contribution in [2.45, 2.75) is 50.2 Å². The Morgan fingerprint density at radius 1 is 1.30 bits per heavy atom. The Labute approximate surface area is 119 Å². The molecule has 20 heavy (non-hydrogen) atoms. The zero-order valence-electron chi connectivity index (χ0n) is 12.2. The number of ether oxygens (including phenoxy) is 2. The SMILES string of the molecule is COC1(c2noc(C3(N)CCOC3)n2)CCC(C)CC1. The molecule has 0 spiro atoms. The minimum atomic E-state index is -0.637. The Morgan fingerprint density at radius 3 is 2.65 bits per heavy atom. The van der Waals surface area contributed by atoms with E-state index in [1.807, 2.05) is 0 Å². The number of hydrogen-bond donors (Lipinski definition) is 1. The lowest BCUT2D eigenvalue weighted by atomic mass is 9.79. The standard InChI is InChI=1S/C14H23N3O3/c1-10-3-5-14(18-2,6-4-10)11-16-12(20-17-11)13(15)7-8-19-9-13/h10H,3-9,15H2,1-2H3. The molecule has 1 aromatic rings. The molecular weight excluding hydrogens is 258 g/mol. The van der Waals surface area contributed by atoms with Gasteiger partial charge in [0.25, 0.3) is 0 Å². The lowest BCUT2D eigenvalue weighted by Crippen LogP contribution is -2.38. The van der Waals surface area contributed by atoms with Crippen molar-refractivity contribution in [1.29, 1.82) is 0 Å². The van der Waals surface area contributed by atoms with Crippen LogP contribution in [-0.2, 0) is 20.6 Å². The topological polar surface area (TPSA) is 83.4 Å². The van der Waals surface area contributed by atoms with E-state index in [0.29, 0.717) is 31.3 Å². The first-order chi connectivity index (χ1) is 9.58. The van der Waals surface area contributed by atoms with Gasteiger partial charge >= 0.3 is 0 Å². The van der Waals surface area contributed by atoms with E-state index in [2.05, 4.69) is 17.1 Å². The molecule has 1 aliphatic heterocycles. The summed E-state index contributed by atoms with van der Waals surface area (Å²) in [6, 6.07) is 0. The van der Waals surface area contributed by atoms with E-state index in [0.717, 1.165) is 31.6 Å². The van der Waals surface area contributed by atoms with Crippen LogP contribution in [0.4, 0.5) is 0 Å². The van der Waals surface area contributed by atoms with Crippen molar-refractivity contribution in [2.24, 2.45) is 11.7 Å². The van der Waals surface area contributed by atoms with Crippen LogP contribution in [0.3, 0.4) is 0 Å². The third-order valence-electron chi connectivity index (χ3n) is 4.78. The smallest absolute Gasteiger partial charge is 0.249 e. The molecule has 0 amide bonds. The minimum Gasteiger partial charge on any atom is -0.379 e. The molecule has 0 radical (unpaired) electrons. The molecule has 3 rings (SSSR count). The quantitative estimate of drug-likeness (QED) is 0.907. The number of hydrogen-bond acceptors (Lipinski definition) is 6. The van der Waals surface area contributed by atoms with Gasteiger partial charge in [-0.05, 0) is 38.0 Å². The van der Waals surface area contributed by atoms with Crippen LogP contribution in [0.1, 0.15) is 50.7 Å². The van der Waals surface area contributed by atoms with Crippen LogP contribution in [0, 0.1) is 5.92 Å². The van der Waals surface area contributed by atoms with E-state index in [4.69, 9.17) is 19.7 Å². The molecule has 1 saturated heterocycles. The van der Waals surface area contributed by atoms with E-state index >= 15 is 0 Å². The number of nitrogens with two attached hydrogens (primary N) is 1. The maximum absolute atomic E-state index is 6.27. The molecule has 6 heteroatoms. The Bertz CT molecular complexity index is 460. The van der Waals surface area contributed by atoms with E-state index in [1.165, 1.54) is 0 Å². The molecule has 1 aromatic heterocycles. The molecular formula is C14H23N3O3. The van der Waals surface area contributed by atoms with Crippen LogP contribution in [0.2, 0.25) is 0 Å². The van der Waals surface area contributed by atoms with Crippen molar-refractivity contribution < 1.29 is 14.0 Å². The van der Waals surface area contributed by atoms with Crippen molar-refractivity contribution in [3.63, 3.8) is 0 Å². The van der Waals surface area contributed by atoms with E-state index < -0.39 is 11.1 Å². The van der Waals surface area contributed by atoms with Crippen molar-refractivity contribution in [3.05, 3.63) is 11.7 Å². The van der Waals surface area contributed by atoms with E-state index in [9.17, 15) is 0 Å². The largest absolute Gasteiger partial charge is 0.379 e. The van der Waals surface area contributed by atoms with Crippen LogP contribution < -0.4 is 5.73 Å². The summed E-state index contributed by atoms with van der Waals surface area (Å²) >= 11 is 0. The predicted octanol–water partition coefficient (Wildman–Crippen LogP) is 1.70. The summed E-state index contributed by atoms with van der Waals surface area (Å²) in [5, 5.41) is 4.15. The van der Waals surface area contributed by atoms with Crippen molar-refractivity contribution >= 4 is 0 Å². The summed E-state index contributed by atoms with van der Waals surface area (Å²) in [6.07, 6.45) is 4.81. The third-order valence-corrected chi connectivity index (χ3v) is 4.78. The highest BCUT2D eigenvalue weighted by Crippen LogP contribution is 2.41. The summed E-state index contributed by atoms with van der Waals surface area (Å²) in [5.74, 6) is 1.84. The molecule has 2 fully saturated rings. The van der Waals surface area contributed by atoms with Gasteiger partial charge in [0.15, 0.2) is 0 Å². The number of methoxy groups -OCH3 is 1. The van der Waals surface area contributed by atoms with Crippen molar-refractivity contribution in [3.8, 4) is 0 Å². The van der Waals surface area contributed by atoms with Gasteiger partial charge in [0.05, 0.1) is 6.61 Å². The molecule has 1 atom stereocenters. The summed E-state index contributed by atoms with van der Waals surface area (Å²) in [7, 11) is 1.73. The molecule has 1 saturated carbocycles. The molecule has 6 nitrogen and oxygen atoms in total. The highest BCUT2D eigenvalue weighted by molar-refractivity contribution is 5.09. The summed E-state index contributed by atoms with van der Waals surface area (Å²) in [5.41, 5.74) is 5.22. The second kappa shape index (κ2) is 5.09. The van der Waals surface area contributed by atoms with Gasteiger partial charge in [-0.1, -0.05) is 12.1 Å². The monoisotopic (exact) mass is 281 g/mol. The lowest BCUT2D eigenvalue weighted by Gasteiger charge is -2.35. The average molecular weight is 281 g/mol. The molecule has 1 aliphatic carbocycles. The van der Waals surface area contributed by atoms with Crippen LogP contribution in [-0.4, -0.2) is 30.5 Å². The molecule has 1 unspecified atom stereocenters.